The molecule has 0 aromatic heterocycles. The highest BCUT2D eigenvalue weighted by atomic mass is 32.2. The number of piperidine rings is 1. The molecule has 0 radical (unpaired) electrons. The first kappa shape index (κ1) is 27.9. The van der Waals surface area contributed by atoms with Crippen molar-refractivity contribution in [2.75, 3.05) is 23.1 Å². The van der Waals surface area contributed by atoms with Gasteiger partial charge in [-0.1, -0.05) is 49.4 Å². The van der Waals surface area contributed by atoms with Crippen LogP contribution in [0.2, 0.25) is 0 Å². The minimum absolute atomic E-state index is 0.304. The van der Waals surface area contributed by atoms with E-state index in [1.54, 1.807) is 29.0 Å². The maximum absolute atomic E-state index is 13.2. The van der Waals surface area contributed by atoms with Gasteiger partial charge in [-0.3, -0.25) is 19.4 Å². The molecule has 2 N–H and O–H groups in total. The van der Waals surface area contributed by atoms with Crippen LogP contribution in [0.25, 0.3) is 0 Å². The Morgan fingerprint density at radius 2 is 1.70 bits per heavy atom. The molecule has 210 valence electrons. The Balaban J connectivity index is 1.47. The number of nitrogens with one attached hydrogen (secondary N) is 2. The summed E-state index contributed by atoms with van der Waals surface area (Å²) >= 11 is 0. The van der Waals surface area contributed by atoms with Crippen LogP contribution in [0.4, 0.5) is 30.2 Å². The predicted octanol–water partition coefficient (Wildman–Crippen LogP) is 6.04. The lowest BCUT2D eigenvalue weighted by molar-refractivity contribution is -0.115. The van der Waals surface area contributed by atoms with E-state index in [2.05, 4.69) is 17.1 Å². The van der Waals surface area contributed by atoms with Crippen LogP contribution in [-0.4, -0.2) is 43.5 Å². The molecule has 2 heterocycles. The molecule has 0 spiro atoms. The monoisotopic (exact) mass is 570 g/mol. The van der Waals surface area contributed by atoms with E-state index in [1.165, 1.54) is 31.0 Å². The maximum atomic E-state index is 13.2. The van der Waals surface area contributed by atoms with Gasteiger partial charge in [0.2, 0.25) is 5.91 Å². The molecule has 5 rings (SSSR count). The number of nitrogens with zero attached hydrogens (tertiary/aromatic N) is 2. The van der Waals surface area contributed by atoms with Crippen molar-refractivity contribution in [1.82, 2.24) is 4.90 Å². The zero-order valence-electron chi connectivity index (χ0n) is 21.8. The Morgan fingerprint density at radius 1 is 1.02 bits per heavy atom. The summed E-state index contributed by atoms with van der Waals surface area (Å²) in [4.78, 5) is 20.4. The van der Waals surface area contributed by atoms with E-state index in [9.17, 15) is 26.4 Å². The fourth-order valence-electron chi connectivity index (χ4n) is 5.01. The standard InChI is InChI=1S/C29H29F3N4O3S/c1-19-13-15-36(16-14-19)18-20-7-9-22(10-8-20)33-27(21-5-3-2-4-6-21)26-24-17-23(11-12-25(24)34-28(26)37)35-40(38,39)29(30,31)32/h2-12,17,19,26,35H,13-16,18H2,1H3,(H,34,37). The molecule has 1 fully saturated rings. The average molecular weight is 571 g/mol. The highest BCUT2D eigenvalue weighted by Crippen LogP contribution is 2.39. The number of sulfonamides is 1. The van der Waals surface area contributed by atoms with E-state index >= 15 is 0 Å². The summed E-state index contributed by atoms with van der Waals surface area (Å²) in [5, 5.41) is 2.74. The summed E-state index contributed by atoms with van der Waals surface area (Å²) in [5.41, 5.74) is -2.26. The lowest BCUT2D eigenvalue weighted by Gasteiger charge is -2.30. The first-order chi connectivity index (χ1) is 19.0. The van der Waals surface area contributed by atoms with Gasteiger partial charge in [0.05, 0.1) is 11.4 Å². The number of anilines is 2. The minimum atomic E-state index is -5.63. The van der Waals surface area contributed by atoms with Gasteiger partial charge in [0.15, 0.2) is 0 Å². The van der Waals surface area contributed by atoms with E-state index in [0.29, 0.717) is 28.2 Å². The number of hydrogen-bond donors (Lipinski definition) is 2. The second-order valence-electron chi connectivity index (χ2n) is 10.3. The SMILES string of the molecule is CC1CCN(Cc2ccc(N=C(c3ccccc3)C3C(=O)Nc4ccc(NS(=O)(=O)C(F)(F)F)cc43)cc2)CC1. The van der Waals surface area contributed by atoms with Gasteiger partial charge >= 0.3 is 15.5 Å². The smallest absolute Gasteiger partial charge is 0.325 e. The van der Waals surface area contributed by atoms with Crippen LogP contribution >= 0.6 is 0 Å². The number of benzene rings is 3. The van der Waals surface area contributed by atoms with Gasteiger partial charge in [-0.15, -0.1) is 0 Å². The lowest BCUT2D eigenvalue weighted by atomic mass is 9.90. The predicted molar refractivity (Wildman–Crippen MR) is 149 cm³/mol. The zero-order chi connectivity index (χ0) is 28.5. The molecule has 1 atom stereocenters. The summed E-state index contributed by atoms with van der Waals surface area (Å²) in [5.74, 6) is -0.629. The Hall–Kier alpha value is -3.70. The molecule has 1 unspecified atom stereocenters. The van der Waals surface area contributed by atoms with Crippen molar-refractivity contribution in [3.63, 3.8) is 0 Å². The molecular weight excluding hydrogens is 541 g/mol. The maximum Gasteiger partial charge on any atom is 0.516 e. The number of aliphatic imine (C=N–C) groups is 1. The highest BCUT2D eigenvalue weighted by Gasteiger charge is 2.46. The first-order valence-electron chi connectivity index (χ1n) is 13.0. The average Bonchev–Trinajstić information content (AvgIpc) is 3.24. The van der Waals surface area contributed by atoms with Gasteiger partial charge in [-0.2, -0.15) is 21.6 Å². The topological polar surface area (TPSA) is 90.9 Å². The minimum Gasteiger partial charge on any atom is -0.325 e. The van der Waals surface area contributed by atoms with Crippen LogP contribution in [0, 0.1) is 5.92 Å². The molecule has 1 saturated heterocycles. The molecule has 2 aliphatic rings. The Labute approximate surface area is 231 Å². The lowest BCUT2D eigenvalue weighted by Crippen LogP contribution is -2.32. The van der Waals surface area contributed by atoms with Crippen molar-refractivity contribution >= 4 is 38.7 Å². The van der Waals surface area contributed by atoms with Gasteiger partial charge in [0.1, 0.15) is 5.92 Å². The van der Waals surface area contributed by atoms with E-state index in [1.807, 2.05) is 30.3 Å². The summed E-state index contributed by atoms with van der Waals surface area (Å²) in [6, 6.07) is 20.6. The molecule has 3 aromatic carbocycles. The molecular formula is C29H29F3N4O3S. The number of likely N-dealkylation sites (tertiary alicyclic amines) is 1. The molecule has 0 saturated carbocycles. The zero-order valence-corrected chi connectivity index (χ0v) is 22.6. The molecule has 3 aromatic rings. The summed E-state index contributed by atoms with van der Waals surface area (Å²) in [6.45, 7) is 5.25. The van der Waals surface area contributed by atoms with Crippen LogP contribution < -0.4 is 10.0 Å². The number of carbonyl (C=O) groups excluding carboxylic acids is 1. The Bertz CT molecular complexity index is 1520. The van der Waals surface area contributed by atoms with E-state index in [0.717, 1.165) is 31.1 Å². The number of carbonyl (C=O) groups is 1. The number of halogens is 3. The molecule has 11 heteroatoms. The van der Waals surface area contributed by atoms with E-state index < -0.39 is 27.4 Å². The molecule has 1 amide bonds. The van der Waals surface area contributed by atoms with Gasteiger partial charge in [-0.25, -0.2) is 0 Å². The molecule has 7 nitrogen and oxygen atoms in total. The Kier molecular flexibility index (Phi) is 7.70. The van der Waals surface area contributed by atoms with Gasteiger partial charge in [0.25, 0.3) is 0 Å². The van der Waals surface area contributed by atoms with Gasteiger partial charge in [0, 0.05) is 17.9 Å². The third-order valence-electron chi connectivity index (χ3n) is 7.25. The number of fused-ring (bicyclic) bond motifs is 1. The summed E-state index contributed by atoms with van der Waals surface area (Å²) in [7, 11) is -5.63. The third kappa shape index (κ3) is 6.05. The normalized spacial score (nSPS) is 18.9. The van der Waals surface area contributed by atoms with Crippen molar-refractivity contribution in [1.29, 1.82) is 0 Å². The van der Waals surface area contributed by atoms with Gasteiger partial charge in [-0.05, 0) is 78.9 Å². The fraction of sp³-hybridized carbons (Fsp3) is 0.310. The van der Waals surface area contributed by atoms with Crippen molar-refractivity contribution < 1.29 is 26.4 Å². The van der Waals surface area contributed by atoms with Crippen LogP contribution in [0.1, 0.15) is 42.4 Å². The second-order valence-corrected chi connectivity index (χ2v) is 11.9. The quantitative estimate of drug-likeness (QED) is 0.339. The van der Waals surface area contributed by atoms with Crippen LogP contribution in [0.15, 0.2) is 77.8 Å². The molecule has 0 bridgehead atoms. The molecule has 40 heavy (non-hydrogen) atoms. The number of hydrogen-bond acceptors (Lipinski definition) is 5. The van der Waals surface area contributed by atoms with E-state index in [4.69, 9.17) is 4.99 Å². The number of alkyl halides is 3. The summed E-state index contributed by atoms with van der Waals surface area (Å²) < 4.78 is 63.8. The van der Waals surface area contributed by atoms with Crippen molar-refractivity contribution in [3.8, 4) is 0 Å². The fourth-order valence-corrected chi connectivity index (χ4v) is 5.56. The van der Waals surface area contributed by atoms with Crippen LogP contribution in [0.3, 0.4) is 0 Å². The second kappa shape index (κ2) is 11.1. The number of amides is 1. The highest BCUT2D eigenvalue weighted by molar-refractivity contribution is 7.93. The van der Waals surface area contributed by atoms with E-state index in [-0.39, 0.29) is 5.69 Å². The third-order valence-corrected chi connectivity index (χ3v) is 8.36. The number of rotatable bonds is 7. The Morgan fingerprint density at radius 3 is 2.35 bits per heavy atom. The molecule has 2 aliphatic heterocycles. The molecule has 0 aliphatic carbocycles. The van der Waals surface area contributed by atoms with Crippen LogP contribution in [0.5, 0.6) is 0 Å². The largest absolute Gasteiger partial charge is 0.516 e. The van der Waals surface area contributed by atoms with Crippen molar-refractivity contribution in [2.24, 2.45) is 10.9 Å². The van der Waals surface area contributed by atoms with Crippen molar-refractivity contribution in [2.45, 2.75) is 37.7 Å². The van der Waals surface area contributed by atoms with Crippen LogP contribution in [-0.2, 0) is 21.4 Å². The summed E-state index contributed by atoms with van der Waals surface area (Å²) in [6.07, 6.45) is 2.38. The van der Waals surface area contributed by atoms with Gasteiger partial charge < -0.3 is 5.32 Å². The van der Waals surface area contributed by atoms with Crippen molar-refractivity contribution in [3.05, 3.63) is 89.5 Å². The first-order valence-corrected chi connectivity index (χ1v) is 14.5.